The smallest absolute Gasteiger partial charge is 0.227 e. The average molecular weight is 264 g/mol. The molecule has 0 radical (unpaired) electrons. The third-order valence-corrected chi connectivity index (χ3v) is 4.58. The third kappa shape index (κ3) is 2.14. The molecule has 1 atom stereocenters. The molecule has 1 aromatic carbocycles. The van der Waals surface area contributed by atoms with Gasteiger partial charge in [-0.2, -0.15) is 0 Å². The molecule has 1 aromatic rings. The molecule has 2 nitrogen and oxygen atoms in total. The Labute approximate surface area is 113 Å². The summed E-state index contributed by atoms with van der Waals surface area (Å²) in [6.07, 6.45) is 4.34. The topological polar surface area (TPSA) is 29.1 Å². The van der Waals surface area contributed by atoms with E-state index < -0.39 is 0 Å². The van der Waals surface area contributed by atoms with Gasteiger partial charge in [0.05, 0.1) is 5.92 Å². The van der Waals surface area contributed by atoms with E-state index in [-0.39, 0.29) is 11.8 Å². The van der Waals surface area contributed by atoms with E-state index in [0.29, 0.717) is 11.3 Å². The minimum absolute atomic E-state index is 0.0769. The van der Waals surface area contributed by atoms with E-state index >= 15 is 0 Å². The minimum atomic E-state index is 0.0769. The molecule has 2 aliphatic carbocycles. The van der Waals surface area contributed by atoms with Crippen molar-refractivity contribution in [2.24, 2.45) is 5.41 Å². The van der Waals surface area contributed by atoms with Crippen LogP contribution < -0.4 is 5.32 Å². The molecule has 0 heterocycles. The van der Waals surface area contributed by atoms with Gasteiger partial charge in [0.1, 0.15) is 0 Å². The number of hydrogen-bond donors (Lipinski definition) is 1. The van der Waals surface area contributed by atoms with Crippen LogP contribution in [-0.2, 0) is 11.2 Å². The largest absolute Gasteiger partial charge is 0.355 e. The fourth-order valence-corrected chi connectivity index (χ4v) is 3.18. The zero-order valence-electron chi connectivity index (χ0n) is 10.4. The van der Waals surface area contributed by atoms with Crippen LogP contribution in [0, 0.1) is 5.41 Å². The Morgan fingerprint density at radius 3 is 2.83 bits per heavy atom. The normalized spacial score (nSPS) is 22.8. The van der Waals surface area contributed by atoms with E-state index in [1.807, 2.05) is 12.1 Å². The highest BCUT2D eigenvalue weighted by molar-refractivity contribution is 6.17. The lowest BCUT2D eigenvalue weighted by molar-refractivity contribution is -0.123. The number of benzene rings is 1. The van der Waals surface area contributed by atoms with Crippen molar-refractivity contribution in [3.8, 4) is 0 Å². The predicted molar refractivity (Wildman–Crippen MR) is 72.9 cm³/mol. The summed E-state index contributed by atoms with van der Waals surface area (Å²) in [4.78, 5) is 12.1. The monoisotopic (exact) mass is 263 g/mol. The van der Waals surface area contributed by atoms with Crippen LogP contribution in [0.2, 0.25) is 0 Å². The van der Waals surface area contributed by atoms with E-state index in [1.54, 1.807) is 0 Å². The summed E-state index contributed by atoms with van der Waals surface area (Å²) in [7, 11) is 0. The van der Waals surface area contributed by atoms with Crippen LogP contribution in [-0.4, -0.2) is 18.3 Å². The van der Waals surface area contributed by atoms with Crippen molar-refractivity contribution in [2.45, 2.75) is 31.6 Å². The van der Waals surface area contributed by atoms with Gasteiger partial charge in [0.25, 0.3) is 0 Å². The predicted octanol–water partition coefficient (Wildman–Crippen LogP) is 2.85. The molecule has 0 saturated heterocycles. The van der Waals surface area contributed by atoms with Crippen LogP contribution in [0.15, 0.2) is 24.3 Å². The molecule has 1 amide bonds. The Morgan fingerprint density at radius 1 is 1.39 bits per heavy atom. The van der Waals surface area contributed by atoms with E-state index in [0.717, 1.165) is 19.4 Å². The average Bonchev–Trinajstić information content (AvgIpc) is 3.09. The molecular weight excluding hydrogens is 246 g/mol. The number of rotatable bonds is 5. The molecule has 18 heavy (non-hydrogen) atoms. The van der Waals surface area contributed by atoms with Crippen LogP contribution in [0.4, 0.5) is 0 Å². The zero-order valence-corrected chi connectivity index (χ0v) is 11.2. The van der Waals surface area contributed by atoms with Crippen molar-refractivity contribution in [2.75, 3.05) is 12.4 Å². The Hall–Kier alpha value is -1.02. The van der Waals surface area contributed by atoms with Crippen LogP contribution in [0.5, 0.6) is 0 Å². The Bertz CT molecular complexity index is 467. The summed E-state index contributed by atoms with van der Waals surface area (Å²) in [6.45, 7) is 0.803. The van der Waals surface area contributed by atoms with E-state index in [2.05, 4.69) is 17.4 Å². The molecule has 2 aliphatic rings. The molecule has 96 valence electrons. The molecule has 0 bridgehead atoms. The van der Waals surface area contributed by atoms with Gasteiger partial charge in [0.2, 0.25) is 5.91 Å². The summed E-state index contributed by atoms with van der Waals surface area (Å²) in [5.74, 6) is 0.963. The van der Waals surface area contributed by atoms with Gasteiger partial charge in [-0.05, 0) is 42.2 Å². The van der Waals surface area contributed by atoms with Gasteiger partial charge in [-0.15, -0.1) is 11.6 Å². The fourth-order valence-electron chi connectivity index (χ4n) is 2.78. The SMILES string of the molecule is O=C(NCC1(CCCl)CC1)C1Cc2ccccc21. The first-order chi connectivity index (χ1) is 8.74. The van der Waals surface area contributed by atoms with Gasteiger partial charge in [0, 0.05) is 12.4 Å². The number of fused-ring (bicyclic) bond motifs is 1. The Balaban J connectivity index is 1.55. The first-order valence-electron chi connectivity index (χ1n) is 6.66. The Morgan fingerprint density at radius 2 is 2.17 bits per heavy atom. The number of halogens is 1. The van der Waals surface area contributed by atoms with Crippen molar-refractivity contribution in [3.05, 3.63) is 35.4 Å². The van der Waals surface area contributed by atoms with E-state index in [9.17, 15) is 4.79 Å². The summed E-state index contributed by atoms with van der Waals surface area (Å²) >= 11 is 5.80. The third-order valence-electron chi connectivity index (χ3n) is 4.39. The summed E-state index contributed by atoms with van der Waals surface area (Å²) in [5.41, 5.74) is 2.84. The van der Waals surface area contributed by atoms with Gasteiger partial charge < -0.3 is 5.32 Å². The maximum Gasteiger partial charge on any atom is 0.227 e. The van der Waals surface area contributed by atoms with Crippen molar-refractivity contribution < 1.29 is 4.79 Å². The van der Waals surface area contributed by atoms with Gasteiger partial charge in [-0.1, -0.05) is 24.3 Å². The molecule has 0 spiro atoms. The zero-order chi connectivity index (χ0) is 12.6. The van der Waals surface area contributed by atoms with Crippen LogP contribution in [0.3, 0.4) is 0 Å². The number of hydrogen-bond acceptors (Lipinski definition) is 1. The second-order valence-electron chi connectivity index (χ2n) is 5.61. The Kier molecular flexibility index (Phi) is 3.06. The maximum atomic E-state index is 12.1. The summed E-state index contributed by atoms with van der Waals surface area (Å²) < 4.78 is 0. The quantitative estimate of drug-likeness (QED) is 0.814. The standard InChI is InChI=1S/C15H18ClNO/c16-8-7-15(5-6-15)10-17-14(18)13-9-11-3-1-2-4-12(11)13/h1-4,13H,5-10H2,(H,17,18). The van der Waals surface area contributed by atoms with Crippen LogP contribution >= 0.6 is 11.6 Å². The van der Waals surface area contributed by atoms with Crippen molar-refractivity contribution in [1.82, 2.24) is 5.32 Å². The van der Waals surface area contributed by atoms with Crippen LogP contribution in [0.1, 0.15) is 36.3 Å². The lowest BCUT2D eigenvalue weighted by Gasteiger charge is -2.29. The maximum absolute atomic E-state index is 12.1. The first-order valence-corrected chi connectivity index (χ1v) is 7.19. The molecule has 1 fully saturated rings. The first kappa shape index (κ1) is 12.0. The minimum Gasteiger partial charge on any atom is -0.355 e. The summed E-state index contributed by atoms with van der Waals surface area (Å²) in [5, 5.41) is 3.12. The number of carbonyl (C=O) groups excluding carboxylic acids is 1. The van der Waals surface area contributed by atoms with Gasteiger partial charge in [-0.3, -0.25) is 4.79 Å². The number of carbonyl (C=O) groups is 1. The van der Waals surface area contributed by atoms with Gasteiger partial charge >= 0.3 is 0 Å². The van der Waals surface area contributed by atoms with Crippen LogP contribution in [0.25, 0.3) is 0 Å². The van der Waals surface area contributed by atoms with Gasteiger partial charge in [0.15, 0.2) is 0 Å². The lowest BCUT2D eigenvalue weighted by Crippen LogP contribution is -2.38. The highest BCUT2D eigenvalue weighted by Crippen LogP contribution is 2.48. The van der Waals surface area contributed by atoms with E-state index in [1.165, 1.54) is 24.0 Å². The molecule has 1 unspecified atom stereocenters. The van der Waals surface area contributed by atoms with Gasteiger partial charge in [-0.25, -0.2) is 0 Å². The molecule has 3 heteroatoms. The summed E-state index contributed by atoms with van der Waals surface area (Å²) in [6, 6.07) is 8.21. The fraction of sp³-hybridized carbons (Fsp3) is 0.533. The molecular formula is C15H18ClNO. The molecule has 1 N–H and O–H groups in total. The number of amides is 1. The van der Waals surface area contributed by atoms with Crippen molar-refractivity contribution >= 4 is 17.5 Å². The van der Waals surface area contributed by atoms with Crippen molar-refractivity contribution in [1.29, 1.82) is 0 Å². The lowest BCUT2D eigenvalue weighted by atomic mass is 9.77. The van der Waals surface area contributed by atoms with E-state index in [4.69, 9.17) is 11.6 Å². The number of alkyl halides is 1. The second kappa shape index (κ2) is 4.58. The highest BCUT2D eigenvalue weighted by atomic mass is 35.5. The molecule has 1 saturated carbocycles. The van der Waals surface area contributed by atoms with Crippen molar-refractivity contribution in [3.63, 3.8) is 0 Å². The molecule has 0 aliphatic heterocycles. The second-order valence-corrected chi connectivity index (χ2v) is 5.99. The molecule has 0 aromatic heterocycles. The highest BCUT2D eigenvalue weighted by Gasteiger charge is 2.42. The number of nitrogens with one attached hydrogen (secondary N) is 1. The molecule has 3 rings (SSSR count).